The SMILES string of the molecule is Cc1cccc(C(=O)CCc2ccccc2C)c1. The van der Waals surface area contributed by atoms with E-state index in [0.717, 1.165) is 17.5 Å². The molecule has 92 valence electrons. The predicted octanol–water partition coefficient (Wildman–Crippen LogP) is 4.12. The topological polar surface area (TPSA) is 17.1 Å². The molecular formula is C17H18O. The van der Waals surface area contributed by atoms with E-state index in [1.165, 1.54) is 11.1 Å². The fraction of sp³-hybridized carbons (Fsp3) is 0.235. The second-order valence-electron chi connectivity index (χ2n) is 4.72. The van der Waals surface area contributed by atoms with Crippen molar-refractivity contribution >= 4 is 5.78 Å². The van der Waals surface area contributed by atoms with E-state index in [1.54, 1.807) is 0 Å². The Morgan fingerprint density at radius 1 is 1.00 bits per heavy atom. The van der Waals surface area contributed by atoms with Gasteiger partial charge in [0.1, 0.15) is 0 Å². The Morgan fingerprint density at radius 3 is 2.50 bits per heavy atom. The molecule has 2 rings (SSSR count). The van der Waals surface area contributed by atoms with E-state index in [2.05, 4.69) is 19.1 Å². The first kappa shape index (κ1) is 12.6. The number of carbonyl (C=O) groups is 1. The lowest BCUT2D eigenvalue weighted by molar-refractivity contribution is 0.0982. The van der Waals surface area contributed by atoms with E-state index in [1.807, 2.05) is 43.3 Å². The summed E-state index contributed by atoms with van der Waals surface area (Å²) in [4.78, 5) is 12.1. The summed E-state index contributed by atoms with van der Waals surface area (Å²) in [5.74, 6) is 0.224. The predicted molar refractivity (Wildman–Crippen MR) is 75.0 cm³/mol. The van der Waals surface area contributed by atoms with Gasteiger partial charge in [-0.1, -0.05) is 48.0 Å². The van der Waals surface area contributed by atoms with E-state index in [9.17, 15) is 4.79 Å². The fourth-order valence-corrected chi connectivity index (χ4v) is 2.10. The molecule has 1 nitrogen and oxygen atoms in total. The zero-order valence-electron chi connectivity index (χ0n) is 10.9. The van der Waals surface area contributed by atoms with Crippen LogP contribution in [0.2, 0.25) is 0 Å². The Hall–Kier alpha value is -1.89. The Balaban J connectivity index is 2.03. The van der Waals surface area contributed by atoms with Gasteiger partial charge >= 0.3 is 0 Å². The van der Waals surface area contributed by atoms with Crippen LogP contribution < -0.4 is 0 Å². The van der Waals surface area contributed by atoms with Crippen molar-refractivity contribution in [3.63, 3.8) is 0 Å². The molecule has 0 atom stereocenters. The molecule has 0 N–H and O–H groups in total. The lowest BCUT2D eigenvalue weighted by atomic mass is 9.99. The number of hydrogen-bond donors (Lipinski definition) is 0. The van der Waals surface area contributed by atoms with Crippen LogP contribution in [-0.2, 0) is 6.42 Å². The highest BCUT2D eigenvalue weighted by Gasteiger charge is 2.07. The molecule has 18 heavy (non-hydrogen) atoms. The van der Waals surface area contributed by atoms with Gasteiger partial charge in [-0.3, -0.25) is 4.79 Å². The molecule has 0 amide bonds. The molecule has 0 fully saturated rings. The second-order valence-corrected chi connectivity index (χ2v) is 4.72. The van der Waals surface area contributed by atoms with Crippen molar-refractivity contribution < 1.29 is 4.79 Å². The monoisotopic (exact) mass is 238 g/mol. The van der Waals surface area contributed by atoms with Crippen molar-refractivity contribution in [2.45, 2.75) is 26.7 Å². The van der Waals surface area contributed by atoms with Crippen molar-refractivity contribution in [1.29, 1.82) is 0 Å². The smallest absolute Gasteiger partial charge is 0.163 e. The van der Waals surface area contributed by atoms with Gasteiger partial charge in [-0.15, -0.1) is 0 Å². The van der Waals surface area contributed by atoms with Gasteiger partial charge in [0.25, 0.3) is 0 Å². The quantitative estimate of drug-likeness (QED) is 0.732. The molecule has 0 spiro atoms. The summed E-state index contributed by atoms with van der Waals surface area (Å²) in [7, 11) is 0. The summed E-state index contributed by atoms with van der Waals surface area (Å²) >= 11 is 0. The molecule has 2 aromatic carbocycles. The number of hydrogen-bond acceptors (Lipinski definition) is 1. The fourth-order valence-electron chi connectivity index (χ4n) is 2.10. The third-order valence-electron chi connectivity index (χ3n) is 3.22. The molecule has 1 heteroatoms. The van der Waals surface area contributed by atoms with Gasteiger partial charge in [0.05, 0.1) is 0 Å². The highest BCUT2D eigenvalue weighted by atomic mass is 16.1. The Morgan fingerprint density at radius 2 is 1.78 bits per heavy atom. The maximum absolute atomic E-state index is 12.1. The molecule has 0 aliphatic heterocycles. The first-order chi connectivity index (χ1) is 8.66. The third-order valence-corrected chi connectivity index (χ3v) is 3.22. The average Bonchev–Trinajstić information content (AvgIpc) is 2.37. The summed E-state index contributed by atoms with van der Waals surface area (Å²) in [5, 5.41) is 0. The van der Waals surface area contributed by atoms with E-state index >= 15 is 0 Å². The molecule has 0 heterocycles. The third kappa shape index (κ3) is 3.07. The van der Waals surface area contributed by atoms with Crippen LogP contribution in [0.15, 0.2) is 48.5 Å². The zero-order valence-corrected chi connectivity index (χ0v) is 10.9. The minimum absolute atomic E-state index is 0.224. The van der Waals surface area contributed by atoms with E-state index in [4.69, 9.17) is 0 Å². The summed E-state index contributed by atoms with van der Waals surface area (Å²) in [6, 6.07) is 16.0. The molecule has 0 saturated heterocycles. The maximum atomic E-state index is 12.1. The largest absolute Gasteiger partial charge is 0.294 e. The van der Waals surface area contributed by atoms with Gasteiger partial charge in [0, 0.05) is 12.0 Å². The van der Waals surface area contributed by atoms with E-state index in [0.29, 0.717) is 6.42 Å². The highest BCUT2D eigenvalue weighted by molar-refractivity contribution is 5.96. The molecular weight excluding hydrogens is 220 g/mol. The Kier molecular flexibility index (Phi) is 3.93. The summed E-state index contributed by atoms with van der Waals surface area (Å²) < 4.78 is 0. The Bertz CT molecular complexity index is 555. The molecule has 2 aromatic rings. The molecule has 0 saturated carbocycles. The zero-order chi connectivity index (χ0) is 13.0. The minimum Gasteiger partial charge on any atom is -0.294 e. The lowest BCUT2D eigenvalue weighted by Crippen LogP contribution is -2.02. The first-order valence-corrected chi connectivity index (χ1v) is 6.31. The number of benzene rings is 2. The number of aryl methyl sites for hydroxylation is 3. The normalized spacial score (nSPS) is 10.3. The van der Waals surface area contributed by atoms with Crippen LogP contribution in [0.3, 0.4) is 0 Å². The van der Waals surface area contributed by atoms with Gasteiger partial charge in [0.2, 0.25) is 0 Å². The van der Waals surface area contributed by atoms with Crippen LogP contribution in [0.5, 0.6) is 0 Å². The molecule has 0 radical (unpaired) electrons. The number of carbonyl (C=O) groups excluding carboxylic acids is 1. The van der Waals surface area contributed by atoms with Crippen molar-refractivity contribution in [3.05, 3.63) is 70.8 Å². The second kappa shape index (κ2) is 5.63. The average molecular weight is 238 g/mol. The first-order valence-electron chi connectivity index (χ1n) is 6.31. The van der Waals surface area contributed by atoms with Crippen LogP contribution in [0.25, 0.3) is 0 Å². The maximum Gasteiger partial charge on any atom is 0.163 e. The number of ketones is 1. The molecule has 0 aromatic heterocycles. The van der Waals surface area contributed by atoms with Gasteiger partial charge in [-0.2, -0.15) is 0 Å². The standard InChI is InChI=1S/C17H18O/c1-13-6-5-9-16(12-13)17(18)11-10-15-8-4-3-7-14(15)2/h3-9,12H,10-11H2,1-2H3. The number of Topliss-reactive ketones (excluding diaryl/α,β-unsaturated/α-hetero) is 1. The molecule has 0 aliphatic rings. The van der Waals surface area contributed by atoms with E-state index in [-0.39, 0.29) is 5.78 Å². The van der Waals surface area contributed by atoms with Crippen LogP contribution in [0.4, 0.5) is 0 Å². The lowest BCUT2D eigenvalue weighted by Gasteiger charge is -2.05. The van der Waals surface area contributed by atoms with Crippen molar-refractivity contribution in [1.82, 2.24) is 0 Å². The summed E-state index contributed by atoms with van der Waals surface area (Å²) in [6.45, 7) is 4.10. The minimum atomic E-state index is 0.224. The molecule has 0 bridgehead atoms. The van der Waals surface area contributed by atoms with Crippen LogP contribution >= 0.6 is 0 Å². The van der Waals surface area contributed by atoms with Crippen molar-refractivity contribution in [2.75, 3.05) is 0 Å². The molecule has 0 unspecified atom stereocenters. The Labute approximate surface area is 108 Å². The van der Waals surface area contributed by atoms with Gasteiger partial charge in [0.15, 0.2) is 5.78 Å². The van der Waals surface area contributed by atoms with Crippen molar-refractivity contribution in [2.24, 2.45) is 0 Å². The van der Waals surface area contributed by atoms with Gasteiger partial charge in [-0.05, 0) is 37.5 Å². The van der Waals surface area contributed by atoms with Crippen LogP contribution in [0, 0.1) is 13.8 Å². The van der Waals surface area contributed by atoms with Gasteiger partial charge < -0.3 is 0 Å². The van der Waals surface area contributed by atoms with E-state index < -0.39 is 0 Å². The molecule has 0 aliphatic carbocycles. The highest BCUT2D eigenvalue weighted by Crippen LogP contribution is 2.13. The summed E-state index contributed by atoms with van der Waals surface area (Å²) in [6.07, 6.45) is 1.40. The van der Waals surface area contributed by atoms with Crippen LogP contribution in [0.1, 0.15) is 33.5 Å². The van der Waals surface area contributed by atoms with Crippen LogP contribution in [-0.4, -0.2) is 5.78 Å². The van der Waals surface area contributed by atoms with Crippen molar-refractivity contribution in [3.8, 4) is 0 Å². The summed E-state index contributed by atoms with van der Waals surface area (Å²) in [5.41, 5.74) is 4.48. The van der Waals surface area contributed by atoms with Gasteiger partial charge in [-0.25, -0.2) is 0 Å². The number of rotatable bonds is 4.